The number of hydrogen-bond acceptors (Lipinski definition) is 6. The van der Waals surface area contributed by atoms with E-state index in [1.165, 1.54) is 9.56 Å². The average Bonchev–Trinajstić information content (AvgIpc) is 3.58. The lowest BCUT2D eigenvalue weighted by Gasteiger charge is -2.25. The maximum atomic E-state index is 13.8. The van der Waals surface area contributed by atoms with Gasteiger partial charge >= 0.3 is 0 Å². The molecule has 4 aromatic rings. The summed E-state index contributed by atoms with van der Waals surface area (Å²) in [5.74, 6) is 0.958. The van der Waals surface area contributed by atoms with Crippen molar-refractivity contribution < 1.29 is 9.21 Å². The topological polar surface area (TPSA) is 77.0 Å². The number of carbonyl (C=O) groups is 1. The van der Waals surface area contributed by atoms with Crippen molar-refractivity contribution in [3.05, 3.63) is 76.9 Å². The Morgan fingerprint density at radius 1 is 1.13 bits per heavy atom. The van der Waals surface area contributed by atoms with Crippen molar-refractivity contribution >= 4 is 29.0 Å². The van der Waals surface area contributed by atoms with Gasteiger partial charge in [0.05, 0.1) is 12.3 Å². The van der Waals surface area contributed by atoms with E-state index in [-0.39, 0.29) is 11.9 Å². The lowest BCUT2D eigenvalue weighted by atomic mass is 10.1. The summed E-state index contributed by atoms with van der Waals surface area (Å²) in [6.07, 6.45) is 5.19. The van der Waals surface area contributed by atoms with Gasteiger partial charge in [0.2, 0.25) is 0 Å². The first-order valence-corrected chi connectivity index (χ1v) is 10.6. The van der Waals surface area contributed by atoms with Gasteiger partial charge in [0.15, 0.2) is 5.82 Å². The van der Waals surface area contributed by atoms with Gasteiger partial charge in [0, 0.05) is 23.1 Å². The second kappa shape index (κ2) is 8.08. The largest absolute Gasteiger partial charge is 0.465 e. The van der Waals surface area contributed by atoms with Gasteiger partial charge in [-0.25, -0.2) is 0 Å². The van der Waals surface area contributed by atoms with Gasteiger partial charge in [-0.3, -0.25) is 4.79 Å². The van der Waals surface area contributed by atoms with Crippen LogP contribution < -0.4 is 0 Å². The molecule has 0 bridgehead atoms. The molecule has 3 aromatic heterocycles. The molecular weight excluding hydrogens is 398 g/mol. The fraction of sp³-hybridized carbons (Fsp3) is 0.182. The van der Waals surface area contributed by atoms with Gasteiger partial charge in [-0.05, 0) is 46.8 Å². The van der Waals surface area contributed by atoms with Crippen molar-refractivity contribution in [1.82, 2.24) is 25.1 Å². The minimum atomic E-state index is -0.119. The third-order valence-electron chi connectivity index (χ3n) is 5.16. The van der Waals surface area contributed by atoms with Crippen LogP contribution in [0.4, 0.5) is 0 Å². The zero-order chi connectivity index (χ0) is 20.3. The summed E-state index contributed by atoms with van der Waals surface area (Å²) >= 11 is 1.68. The first-order valence-electron chi connectivity index (χ1n) is 9.75. The monoisotopic (exact) mass is 417 g/mol. The quantitative estimate of drug-likeness (QED) is 0.451. The van der Waals surface area contributed by atoms with Crippen molar-refractivity contribution in [2.75, 3.05) is 6.54 Å². The van der Waals surface area contributed by atoms with E-state index in [2.05, 4.69) is 21.6 Å². The Hall–Kier alpha value is -3.52. The van der Waals surface area contributed by atoms with E-state index in [4.69, 9.17) is 4.42 Å². The molecule has 1 amide bonds. The zero-order valence-electron chi connectivity index (χ0n) is 16.1. The Labute approximate surface area is 177 Å². The molecule has 4 heterocycles. The number of nitrogens with zero attached hydrogens (tertiary/aromatic N) is 5. The first kappa shape index (κ1) is 18.5. The van der Waals surface area contributed by atoms with E-state index < -0.39 is 0 Å². The van der Waals surface area contributed by atoms with Gasteiger partial charge in [-0.2, -0.15) is 4.68 Å². The molecule has 0 spiro atoms. The lowest BCUT2D eigenvalue weighted by molar-refractivity contribution is -0.126. The van der Waals surface area contributed by atoms with Crippen molar-refractivity contribution in [3.63, 3.8) is 0 Å². The molecule has 1 fully saturated rings. The predicted molar refractivity (Wildman–Crippen MR) is 114 cm³/mol. The van der Waals surface area contributed by atoms with Crippen LogP contribution in [-0.4, -0.2) is 37.6 Å². The maximum Gasteiger partial charge on any atom is 0.273 e. The van der Waals surface area contributed by atoms with E-state index >= 15 is 0 Å². The van der Waals surface area contributed by atoms with E-state index in [0.717, 1.165) is 18.4 Å². The fourth-order valence-corrected chi connectivity index (χ4v) is 4.65. The summed E-state index contributed by atoms with van der Waals surface area (Å²) in [6.45, 7) is 0.694. The van der Waals surface area contributed by atoms with Crippen LogP contribution in [0, 0.1) is 0 Å². The summed E-state index contributed by atoms with van der Waals surface area (Å²) < 4.78 is 7.00. The van der Waals surface area contributed by atoms with Gasteiger partial charge in [-0.1, -0.05) is 36.4 Å². The maximum absolute atomic E-state index is 13.8. The second-order valence-electron chi connectivity index (χ2n) is 7.00. The van der Waals surface area contributed by atoms with Crippen LogP contribution in [-0.2, 0) is 4.79 Å². The van der Waals surface area contributed by atoms with Crippen LogP contribution >= 0.6 is 11.3 Å². The number of thiophene rings is 1. The average molecular weight is 417 g/mol. The van der Waals surface area contributed by atoms with Crippen molar-refractivity contribution in [2.24, 2.45) is 0 Å². The molecule has 5 rings (SSSR count). The van der Waals surface area contributed by atoms with Crippen LogP contribution in [0.15, 0.2) is 70.7 Å². The molecule has 0 aliphatic carbocycles. The number of benzene rings is 1. The third kappa shape index (κ3) is 3.46. The number of rotatable bonds is 5. The molecule has 0 N–H and O–H groups in total. The van der Waals surface area contributed by atoms with Gasteiger partial charge in [-0.15, -0.1) is 16.4 Å². The van der Waals surface area contributed by atoms with Crippen LogP contribution in [0.2, 0.25) is 0 Å². The molecule has 150 valence electrons. The smallest absolute Gasteiger partial charge is 0.273 e. The highest BCUT2D eigenvalue weighted by Gasteiger charge is 2.34. The Morgan fingerprint density at radius 2 is 2.03 bits per heavy atom. The number of amides is 1. The molecular formula is C22H19N5O2S. The van der Waals surface area contributed by atoms with Crippen molar-refractivity contribution in [3.8, 4) is 11.4 Å². The van der Waals surface area contributed by atoms with E-state index in [9.17, 15) is 4.79 Å². The van der Waals surface area contributed by atoms with Crippen LogP contribution in [0.25, 0.3) is 23.2 Å². The summed E-state index contributed by atoms with van der Waals surface area (Å²) in [5, 5.41) is 14.2. The lowest BCUT2D eigenvalue weighted by Crippen LogP contribution is -2.32. The standard InChI is InChI=1S/C22H19N5O2S/c28-22(26-12-4-10-18(26)20-11-6-14-30-20)19(15-17-9-5-13-29-17)27-21(23-24-25-27)16-7-2-1-3-8-16/h1-3,5-9,11,13-15,18H,4,10,12H2/b19-15-/t18-/m0/s1. The number of hydrogen-bond donors (Lipinski definition) is 0. The Kier molecular flexibility index (Phi) is 4.98. The van der Waals surface area contributed by atoms with E-state index in [1.807, 2.05) is 46.7 Å². The van der Waals surface area contributed by atoms with Crippen molar-refractivity contribution in [1.29, 1.82) is 0 Å². The van der Waals surface area contributed by atoms with Crippen molar-refractivity contribution in [2.45, 2.75) is 18.9 Å². The number of aromatic nitrogens is 4. The molecule has 8 heteroatoms. The summed E-state index contributed by atoms with van der Waals surface area (Å²) in [7, 11) is 0. The van der Waals surface area contributed by atoms with E-state index in [1.54, 1.807) is 35.8 Å². The molecule has 7 nitrogen and oxygen atoms in total. The fourth-order valence-electron chi connectivity index (χ4n) is 3.77. The molecule has 30 heavy (non-hydrogen) atoms. The van der Waals surface area contributed by atoms with Crippen LogP contribution in [0.5, 0.6) is 0 Å². The Bertz CT molecular complexity index is 1150. The predicted octanol–water partition coefficient (Wildman–Crippen LogP) is 4.36. The highest BCUT2D eigenvalue weighted by atomic mass is 32.1. The van der Waals surface area contributed by atoms with Gasteiger partial charge < -0.3 is 9.32 Å². The third-order valence-corrected chi connectivity index (χ3v) is 6.13. The number of tetrazole rings is 1. The molecule has 0 radical (unpaired) electrons. The van der Waals surface area contributed by atoms with Crippen LogP contribution in [0.1, 0.15) is 29.5 Å². The molecule has 1 aliphatic heterocycles. The number of likely N-dealkylation sites (tertiary alicyclic amines) is 1. The minimum absolute atomic E-state index is 0.0640. The highest BCUT2D eigenvalue weighted by Crippen LogP contribution is 2.36. The number of furan rings is 1. The molecule has 1 aromatic carbocycles. The summed E-state index contributed by atoms with van der Waals surface area (Å²) in [4.78, 5) is 16.9. The van der Waals surface area contributed by atoms with E-state index in [0.29, 0.717) is 23.8 Å². The number of carbonyl (C=O) groups excluding carboxylic acids is 1. The molecule has 0 unspecified atom stereocenters. The normalized spacial score (nSPS) is 16.9. The zero-order valence-corrected chi connectivity index (χ0v) is 16.9. The first-order chi connectivity index (χ1) is 14.8. The molecule has 1 atom stereocenters. The summed E-state index contributed by atoms with van der Waals surface area (Å²) in [6, 6.07) is 17.4. The Morgan fingerprint density at radius 3 is 2.80 bits per heavy atom. The second-order valence-corrected chi connectivity index (χ2v) is 7.98. The SMILES string of the molecule is O=C(/C(=C/c1ccco1)n1nnnc1-c1ccccc1)N1CCC[C@H]1c1cccs1. The van der Waals surface area contributed by atoms with Gasteiger partial charge in [0.25, 0.3) is 5.91 Å². The molecule has 0 saturated carbocycles. The minimum Gasteiger partial charge on any atom is -0.465 e. The Balaban J connectivity index is 1.58. The van der Waals surface area contributed by atoms with Gasteiger partial charge in [0.1, 0.15) is 11.5 Å². The highest BCUT2D eigenvalue weighted by molar-refractivity contribution is 7.10. The molecule has 1 aliphatic rings. The summed E-state index contributed by atoms with van der Waals surface area (Å²) in [5.41, 5.74) is 1.19. The van der Waals surface area contributed by atoms with Crippen LogP contribution in [0.3, 0.4) is 0 Å². The molecule has 1 saturated heterocycles.